The molecule has 37 heavy (non-hydrogen) atoms. The molecule has 5 rings (SSSR count). The van der Waals surface area contributed by atoms with Crippen molar-refractivity contribution in [2.45, 2.75) is 38.5 Å². The zero-order valence-corrected chi connectivity index (χ0v) is 21.1. The predicted molar refractivity (Wildman–Crippen MR) is 134 cm³/mol. The molecule has 4 heterocycles. The highest BCUT2D eigenvalue weighted by Crippen LogP contribution is 2.38. The number of carbonyl (C=O) groups is 2. The molecule has 0 bridgehead atoms. The first-order valence-corrected chi connectivity index (χ1v) is 12.2. The molecule has 0 radical (unpaired) electrons. The third-order valence-electron chi connectivity index (χ3n) is 6.41. The molecule has 192 valence electrons. The van der Waals surface area contributed by atoms with Crippen molar-refractivity contribution in [2.24, 2.45) is 0 Å². The number of amides is 2. The van der Waals surface area contributed by atoms with Gasteiger partial charge in [-0.25, -0.2) is 15.0 Å². The fourth-order valence-corrected chi connectivity index (χ4v) is 5.20. The van der Waals surface area contributed by atoms with Gasteiger partial charge in [0.2, 0.25) is 11.8 Å². The molecule has 0 spiro atoms. The Kier molecular flexibility index (Phi) is 6.26. The van der Waals surface area contributed by atoms with E-state index in [1.165, 1.54) is 18.2 Å². The highest BCUT2D eigenvalue weighted by molar-refractivity contribution is 9.10. The first-order chi connectivity index (χ1) is 17.5. The number of halogens is 4. The van der Waals surface area contributed by atoms with Gasteiger partial charge in [0.15, 0.2) is 0 Å². The predicted octanol–water partition coefficient (Wildman–Crippen LogP) is 4.28. The molecule has 1 atom stereocenters. The molecule has 1 aliphatic rings. The lowest BCUT2D eigenvalue weighted by Gasteiger charge is -2.24. The topological polar surface area (TPSA) is 119 Å². The Balaban J connectivity index is 1.50. The largest absolute Gasteiger partial charge is 0.416 e. The second kappa shape index (κ2) is 9.29. The number of aryl methyl sites for hydroxylation is 1. The number of nitrogens with two attached hydrogens (primary N) is 1. The molecule has 0 saturated carbocycles. The highest BCUT2D eigenvalue weighted by atomic mass is 79.9. The van der Waals surface area contributed by atoms with Gasteiger partial charge in [-0.1, -0.05) is 6.07 Å². The molecule has 3 N–H and O–H groups in total. The van der Waals surface area contributed by atoms with Gasteiger partial charge in [-0.05, 0) is 65.5 Å². The van der Waals surface area contributed by atoms with Crippen molar-refractivity contribution in [1.82, 2.24) is 24.4 Å². The standard InChI is InChI=1S/C24H21BrF3N7O2/c1-12-8-13(24(26,27)28)9-14-19-21(29)30-11-31-22(19)35(20(12)14)10-18(36)34-7-3-4-15(34)23(37)33-17-6-2-5-16(25)32-17/h2,5-6,8-9,11,15H,3-4,7,10H2,1H3,(H2,29,30,31)(H,32,33,37)/t15-/m0/s1. The Labute approximate surface area is 217 Å². The molecule has 3 aromatic heterocycles. The molecule has 1 aromatic carbocycles. The summed E-state index contributed by atoms with van der Waals surface area (Å²) in [6.07, 6.45) is -2.25. The van der Waals surface area contributed by atoms with E-state index < -0.39 is 17.8 Å². The Morgan fingerprint density at radius 2 is 2.03 bits per heavy atom. The number of carbonyl (C=O) groups excluding carboxylic acids is 2. The van der Waals surface area contributed by atoms with Crippen molar-refractivity contribution in [3.63, 3.8) is 0 Å². The number of hydrogen-bond donors (Lipinski definition) is 2. The lowest BCUT2D eigenvalue weighted by Crippen LogP contribution is -2.44. The molecule has 1 aliphatic heterocycles. The fraction of sp³-hybridized carbons (Fsp3) is 0.292. The molecule has 1 fully saturated rings. The molecule has 13 heteroatoms. The smallest absolute Gasteiger partial charge is 0.383 e. The summed E-state index contributed by atoms with van der Waals surface area (Å²) < 4.78 is 42.7. The number of likely N-dealkylation sites (tertiary alicyclic amines) is 1. The molecule has 1 saturated heterocycles. The number of nitrogen functional groups attached to an aromatic ring is 1. The van der Waals surface area contributed by atoms with Crippen LogP contribution in [0.15, 0.2) is 41.3 Å². The molecule has 9 nitrogen and oxygen atoms in total. The van der Waals surface area contributed by atoms with Crippen LogP contribution in [-0.4, -0.2) is 48.8 Å². The minimum Gasteiger partial charge on any atom is -0.383 e. The number of pyridine rings is 1. The number of alkyl halides is 3. The Morgan fingerprint density at radius 3 is 2.76 bits per heavy atom. The first-order valence-electron chi connectivity index (χ1n) is 11.4. The summed E-state index contributed by atoms with van der Waals surface area (Å²) in [5, 5.41) is 3.20. The zero-order valence-electron chi connectivity index (χ0n) is 19.5. The summed E-state index contributed by atoms with van der Waals surface area (Å²) >= 11 is 3.26. The monoisotopic (exact) mass is 575 g/mol. The third kappa shape index (κ3) is 4.59. The number of hydrogen-bond acceptors (Lipinski definition) is 6. The third-order valence-corrected chi connectivity index (χ3v) is 6.86. The maximum Gasteiger partial charge on any atom is 0.416 e. The zero-order chi connectivity index (χ0) is 26.5. The van der Waals surface area contributed by atoms with E-state index in [2.05, 4.69) is 36.2 Å². The van der Waals surface area contributed by atoms with Gasteiger partial charge in [0.25, 0.3) is 0 Å². The Bertz CT molecular complexity index is 1550. The van der Waals surface area contributed by atoms with Crippen molar-refractivity contribution in [3.8, 4) is 0 Å². The van der Waals surface area contributed by atoms with E-state index in [-0.39, 0.29) is 40.6 Å². The first kappa shape index (κ1) is 24.9. The molecule has 2 amide bonds. The summed E-state index contributed by atoms with van der Waals surface area (Å²) in [7, 11) is 0. The second-order valence-electron chi connectivity index (χ2n) is 8.81. The lowest BCUT2D eigenvalue weighted by molar-refractivity contribution is -0.137. The summed E-state index contributed by atoms with van der Waals surface area (Å²) in [6.45, 7) is 1.67. The molecular formula is C24H21BrF3N7O2. The van der Waals surface area contributed by atoms with E-state index >= 15 is 0 Å². The fourth-order valence-electron chi connectivity index (χ4n) is 4.86. The van der Waals surface area contributed by atoms with Crippen LogP contribution in [0.2, 0.25) is 0 Å². The number of nitrogens with one attached hydrogen (secondary N) is 1. The van der Waals surface area contributed by atoms with Crippen LogP contribution in [0.5, 0.6) is 0 Å². The summed E-state index contributed by atoms with van der Waals surface area (Å²) in [4.78, 5) is 40.3. The van der Waals surface area contributed by atoms with E-state index in [0.717, 1.165) is 12.1 Å². The molecular weight excluding hydrogens is 555 g/mol. The minimum atomic E-state index is -4.56. The summed E-state index contributed by atoms with van der Waals surface area (Å²) in [6, 6.07) is 6.42. The number of fused-ring (bicyclic) bond motifs is 3. The van der Waals surface area contributed by atoms with Crippen LogP contribution in [0.1, 0.15) is 24.0 Å². The van der Waals surface area contributed by atoms with Crippen molar-refractivity contribution < 1.29 is 22.8 Å². The second-order valence-corrected chi connectivity index (χ2v) is 9.62. The number of rotatable bonds is 4. The van der Waals surface area contributed by atoms with Crippen LogP contribution in [0.4, 0.5) is 24.8 Å². The maximum absolute atomic E-state index is 13.5. The molecule has 4 aromatic rings. The van der Waals surface area contributed by atoms with Gasteiger partial charge < -0.3 is 20.5 Å². The number of aromatic nitrogens is 4. The average Bonchev–Trinajstić information content (AvgIpc) is 3.43. The van der Waals surface area contributed by atoms with Crippen molar-refractivity contribution in [1.29, 1.82) is 0 Å². The van der Waals surface area contributed by atoms with Crippen LogP contribution in [-0.2, 0) is 22.3 Å². The number of anilines is 2. The van der Waals surface area contributed by atoms with Crippen LogP contribution in [0.3, 0.4) is 0 Å². The highest BCUT2D eigenvalue weighted by Gasteiger charge is 2.36. The Morgan fingerprint density at radius 1 is 1.24 bits per heavy atom. The Hall–Kier alpha value is -3.74. The normalized spacial score (nSPS) is 16.0. The van der Waals surface area contributed by atoms with Gasteiger partial charge in [-0.2, -0.15) is 13.2 Å². The molecule has 0 aliphatic carbocycles. The van der Waals surface area contributed by atoms with Crippen LogP contribution >= 0.6 is 15.9 Å². The summed E-state index contributed by atoms with van der Waals surface area (Å²) in [5.74, 6) is -0.365. The van der Waals surface area contributed by atoms with E-state index in [1.807, 2.05) is 0 Å². The van der Waals surface area contributed by atoms with Crippen molar-refractivity contribution in [3.05, 3.63) is 52.4 Å². The lowest BCUT2D eigenvalue weighted by atomic mass is 10.1. The van der Waals surface area contributed by atoms with Gasteiger partial charge in [0, 0.05) is 11.9 Å². The summed E-state index contributed by atoms with van der Waals surface area (Å²) in [5.41, 5.74) is 6.17. The van der Waals surface area contributed by atoms with E-state index in [4.69, 9.17) is 5.73 Å². The van der Waals surface area contributed by atoms with Gasteiger partial charge in [-0.15, -0.1) is 0 Å². The van der Waals surface area contributed by atoms with E-state index in [0.29, 0.717) is 40.9 Å². The van der Waals surface area contributed by atoms with Crippen molar-refractivity contribution >= 4 is 61.3 Å². The van der Waals surface area contributed by atoms with Gasteiger partial charge >= 0.3 is 6.18 Å². The van der Waals surface area contributed by atoms with Gasteiger partial charge in [0.05, 0.1) is 16.5 Å². The maximum atomic E-state index is 13.5. The van der Waals surface area contributed by atoms with Crippen molar-refractivity contribution in [2.75, 3.05) is 17.6 Å². The van der Waals surface area contributed by atoms with E-state index in [1.54, 1.807) is 22.8 Å². The van der Waals surface area contributed by atoms with E-state index in [9.17, 15) is 22.8 Å². The van der Waals surface area contributed by atoms with Gasteiger partial charge in [-0.3, -0.25) is 9.59 Å². The average molecular weight is 576 g/mol. The van der Waals surface area contributed by atoms with Crippen LogP contribution in [0.25, 0.3) is 21.9 Å². The SMILES string of the molecule is Cc1cc(C(F)(F)F)cc2c3c(N)ncnc3n(CC(=O)N3CCC[C@H]3C(=O)Nc3cccc(Br)n3)c12. The van der Waals surface area contributed by atoms with Crippen LogP contribution in [0, 0.1) is 6.92 Å². The van der Waals surface area contributed by atoms with Gasteiger partial charge in [0.1, 0.15) is 40.8 Å². The number of benzene rings is 1. The number of nitrogens with zero attached hydrogens (tertiary/aromatic N) is 5. The minimum absolute atomic E-state index is 0.0138. The quantitative estimate of drug-likeness (QED) is 0.350. The van der Waals surface area contributed by atoms with Crippen LogP contribution < -0.4 is 11.1 Å². The molecule has 0 unspecified atom stereocenters.